The Balaban J connectivity index is 2.03. The second-order valence-corrected chi connectivity index (χ2v) is 8.38. The molecule has 0 aliphatic rings. The predicted molar refractivity (Wildman–Crippen MR) is 127 cm³/mol. The number of ether oxygens (including phenoxy) is 2. The summed E-state index contributed by atoms with van der Waals surface area (Å²) in [7, 11) is 0. The lowest BCUT2D eigenvalue weighted by atomic mass is 9.99. The molecule has 1 aromatic heterocycles. The van der Waals surface area contributed by atoms with Crippen molar-refractivity contribution in [3.05, 3.63) is 71.3 Å². The number of alkyl halides is 2. The zero-order valence-electron chi connectivity index (χ0n) is 19.1. The second-order valence-electron chi connectivity index (χ2n) is 8.38. The molecule has 0 aliphatic carbocycles. The average Bonchev–Trinajstić information content (AvgIpc) is 3.12. The van der Waals surface area contributed by atoms with E-state index < -0.39 is 25.1 Å². The van der Waals surface area contributed by atoms with E-state index in [1.165, 1.54) is 12.1 Å². The second kappa shape index (κ2) is 9.71. The molecule has 182 valence electrons. The van der Waals surface area contributed by atoms with Crippen molar-refractivity contribution in [1.29, 1.82) is 0 Å². The lowest BCUT2D eigenvalue weighted by Gasteiger charge is -2.13. The van der Waals surface area contributed by atoms with Crippen molar-refractivity contribution in [2.45, 2.75) is 32.9 Å². The summed E-state index contributed by atoms with van der Waals surface area (Å²) in [5.74, 6) is -1.22. The molecule has 0 aliphatic heterocycles. The summed E-state index contributed by atoms with van der Waals surface area (Å²) in [6.07, 6.45) is 0. The third kappa shape index (κ3) is 4.81. The van der Waals surface area contributed by atoms with E-state index in [1.54, 1.807) is 36.4 Å². The fourth-order valence-corrected chi connectivity index (χ4v) is 4.19. The van der Waals surface area contributed by atoms with E-state index >= 15 is 0 Å². The van der Waals surface area contributed by atoms with Crippen molar-refractivity contribution in [3.8, 4) is 11.5 Å². The number of halogens is 2. The maximum absolute atomic E-state index is 12.7. The summed E-state index contributed by atoms with van der Waals surface area (Å²) < 4.78 is 37.4. The van der Waals surface area contributed by atoms with Gasteiger partial charge < -0.3 is 24.9 Å². The first-order valence-electron chi connectivity index (χ1n) is 10.9. The molecule has 35 heavy (non-hydrogen) atoms. The molecule has 0 radical (unpaired) electrons. The standard InChI is InChI=1S/C26H24F2N2O5/c1-14(2)16-10-20-24(21(11-16)35-22(32)13-31)23-18(25(29)33)7-4-8-19(23)30(20)12-15-5-3-6-17(9-15)34-26(27)28/h3-11,14,26,31H,12-13H2,1-2H3,(H2,29,33). The molecule has 0 fully saturated rings. The number of primary amides is 1. The van der Waals surface area contributed by atoms with E-state index in [0.717, 1.165) is 5.56 Å². The number of benzene rings is 3. The Kier molecular flexibility index (Phi) is 6.70. The summed E-state index contributed by atoms with van der Waals surface area (Å²) in [5, 5.41) is 10.3. The van der Waals surface area contributed by atoms with Crippen LogP contribution in [0.3, 0.4) is 0 Å². The topological polar surface area (TPSA) is 104 Å². The number of amides is 1. The Bertz CT molecular complexity index is 1430. The summed E-state index contributed by atoms with van der Waals surface area (Å²) in [6.45, 7) is 0.440. The molecule has 0 atom stereocenters. The number of aliphatic hydroxyl groups is 1. The zero-order valence-corrected chi connectivity index (χ0v) is 19.1. The Morgan fingerprint density at radius 2 is 1.77 bits per heavy atom. The predicted octanol–water partition coefficient (Wildman–Crippen LogP) is 4.56. The first-order valence-corrected chi connectivity index (χ1v) is 10.9. The molecule has 1 heterocycles. The molecule has 9 heteroatoms. The summed E-state index contributed by atoms with van der Waals surface area (Å²) in [5.41, 5.74) is 8.73. The summed E-state index contributed by atoms with van der Waals surface area (Å²) >= 11 is 0. The first-order chi connectivity index (χ1) is 16.7. The highest BCUT2D eigenvalue weighted by Gasteiger charge is 2.22. The van der Waals surface area contributed by atoms with E-state index in [4.69, 9.17) is 10.5 Å². The van der Waals surface area contributed by atoms with Crippen LogP contribution in [-0.4, -0.2) is 34.8 Å². The summed E-state index contributed by atoms with van der Waals surface area (Å²) in [6, 6.07) is 15.1. The van der Waals surface area contributed by atoms with Crippen LogP contribution in [0, 0.1) is 0 Å². The SMILES string of the molecule is CC(C)c1cc(OC(=O)CO)c2c3c(C(N)=O)cccc3n(Cc3cccc(OC(F)F)c3)c2c1. The van der Waals surface area contributed by atoms with Gasteiger partial charge in [-0.25, -0.2) is 4.79 Å². The van der Waals surface area contributed by atoms with Gasteiger partial charge in [0.1, 0.15) is 18.1 Å². The number of nitrogens with two attached hydrogens (primary N) is 1. The van der Waals surface area contributed by atoms with Crippen molar-refractivity contribution < 1.29 is 33.0 Å². The molecule has 1 amide bonds. The van der Waals surface area contributed by atoms with Crippen LogP contribution in [0.5, 0.6) is 11.5 Å². The maximum Gasteiger partial charge on any atom is 0.387 e. The lowest BCUT2D eigenvalue weighted by Crippen LogP contribution is -2.13. The largest absolute Gasteiger partial charge is 0.435 e. The van der Waals surface area contributed by atoms with Crippen molar-refractivity contribution in [3.63, 3.8) is 0 Å². The molecule has 4 aromatic rings. The van der Waals surface area contributed by atoms with Crippen molar-refractivity contribution >= 4 is 33.7 Å². The fourth-order valence-electron chi connectivity index (χ4n) is 4.19. The van der Waals surface area contributed by atoms with Crippen LogP contribution in [0.4, 0.5) is 8.78 Å². The van der Waals surface area contributed by atoms with E-state index in [9.17, 15) is 23.5 Å². The van der Waals surface area contributed by atoms with Gasteiger partial charge in [0, 0.05) is 17.5 Å². The number of esters is 1. The van der Waals surface area contributed by atoms with Crippen molar-refractivity contribution in [2.75, 3.05) is 6.61 Å². The number of nitrogens with zero attached hydrogens (tertiary/aromatic N) is 1. The molecule has 0 unspecified atom stereocenters. The van der Waals surface area contributed by atoms with Gasteiger partial charge in [-0.3, -0.25) is 4.79 Å². The van der Waals surface area contributed by atoms with Crippen LogP contribution >= 0.6 is 0 Å². The molecular formula is C26H24F2N2O5. The highest BCUT2D eigenvalue weighted by atomic mass is 19.3. The molecule has 7 nitrogen and oxygen atoms in total. The lowest BCUT2D eigenvalue weighted by molar-refractivity contribution is -0.137. The third-order valence-electron chi connectivity index (χ3n) is 5.73. The number of rotatable bonds is 8. The first kappa shape index (κ1) is 24.2. The van der Waals surface area contributed by atoms with Gasteiger partial charge in [-0.05, 0) is 53.4 Å². The quantitative estimate of drug-likeness (QED) is 0.283. The summed E-state index contributed by atoms with van der Waals surface area (Å²) in [4.78, 5) is 24.4. The smallest absolute Gasteiger partial charge is 0.387 e. The van der Waals surface area contributed by atoms with E-state index in [1.807, 2.05) is 24.5 Å². The monoisotopic (exact) mass is 482 g/mol. The molecule has 3 aromatic carbocycles. The van der Waals surface area contributed by atoms with E-state index in [2.05, 4.69) is 4.74 Å². The number of hydrogen-bond donors (Lipinski definition) is 2. The van der Waals surface area contributed by atoms with Crippen LogP contribution in [0.15, 0.2) is 54.6 Å². The molecule has 3 N–H and O–H groups in total. The zero-order chi connectivity index (χ0) is 25.3. The van der Waals surface area contributed by atoms with Gasteiger partial charge in [-0.2, -0.15) is 8.78 Å². The minimum absolute atomic E-state index is 0.0246. The Labute approximate surface area is 199 Å². The molecule has 0 saturated carbocycles. The van der Waals surface area contributed by atoms with Crippen LogP contribution in [0.25, 0.3) is 21.8 Å². The third-order valence-corrected chi connectivity index (χ3v) is 5.73. The fraction of sp³-hybridized carbons (Fsp3) is 0.231. The number of carbonyl (C=O) groups is 2. The van der Waals surface area contributed by atoms with E-state index in [0.29, 0.717) is 27.4 Å². The molecule has 0 bridgehead atoms. The molecule has 0 saturated heterocycles. The van der Waals surface area contributed by atoms with Crippen LogP contribution < -0.4 is 15.2 Å². The molecule has 0 spiro atoms. The highest BCUT2D eigenvalue weighted by molar-refractivity contribution is 6.20. The van der Waals surface area contributed by atoms with Crippen molar-refractivity contribution in [2.24, 2.45) is 5.73 Å². The number of aliphatic hydroxyl groups excluding tert-OH is 1. The van der Waals surface area contributed by atoms with E-state index in [-0.39, 0.29) is 29.5 Å². The van der Waals surface area contributed by atoms with Gasteiger partial charge in [0.25, 0.3) is 0 Å². The Morgan fingerprint density at radius 3 is 2.43 bits per heavy atom. The number of fused-ring (bicyclic) bond motifs is 3. The number of carbonyl (C=O) groups excluding carboxylic acids is 2. The Hall–Kier alpha value is -3.98. The normalized spacial score (nSPS) is 11.5. The highest BCUT2D eigenvalue weighted by Crippen LogP contribution is 2.40. The minimum atomic E-state index is -2.95. The van der Waals surface area contributed by atoms with Gasteiger partial charge in [0.15, 0.2) is 0 Å². The Morgan fingerprint density at radius 1 is 1.03 bits per heavy atom. The number of aromatic nitrogens is 1. The molecule has 4 rings (SSSR count). The van der Waals surface area contributed by atoms with Gasteiger partial charge in [0.2, 0.25) is 5.91 Å². The van der Waals surface area contributed by atoms with Crippen LogP contribution in [0.1, 0.15) is 41.3 Å². The van der Waals surface area contributed by atoms with Gasteiger partial charge in [-0.15, -0.1) is 0 Å². The van der Waals surface area contributed by atoms with Crippen molar-refractivity contribution in [1.82, 2.24) is 4.57 Å². The van der Waals surface area contributed by atoms with Gasteiger partial charge in [0.05, 0.1) is 16.4 Å². The maximum atomic E-state index is 12.7. The molecular weight excluding hydrogens is 458 g/mol. The average molecular weight is 482 g/mol. The van der Waals surface area contributed by atoms with Crippen LogP contribution in [0.2, 0.25) is 0 Å². The minimum Gasteiger partial charge on any atom is -0.435 e. The van der Waals surface area contributed by atoms with Gasteiger partial charge >= 0.3 is 12.6 Å². The number of hydrogen-bond acceptors (Lipinski definition) is 5. The van der Waals surface area contributed by atoms with Crippen LogP contribution in [-0.2, 0) is 11.3 Å². The van der Waals surface area contributed by atoms with Gasteiger partial charge in [-0.1, -0.05) is 32.0 Å².